The molecule has 0 fully saturated rings. The number of amides is 2. The lowest BCUT2D eigenvalue weighted by Gasteiger charge is -2.09. The van der Waals surface area contributed by atoms with Crippen molar-refractivity contribution in [1.29, 1.82) is 0 Å². The molecule has 0 saturated carbocycles. The number of nitrogens with one attached hydrogen (secondary N) is 2. The summed E-state index contributed by atoms with van der Waals surface area (Å²) in [5.74, 6) is -1.74. The lowest BCUT2D eigenvalue weighted by molar-refractivity contribution is -0.141. The minimum atomic E-state index is -4.70. The lowest BCUT2D eigenvalue weighted by Crippen LogP contribution is -2.26. The quantitative estimate of drug-likeness (QED) is 0.468. The number of anilines is 1. The summed E-state index contributed by atoms with van der Waals surface area (Å²) in [4.78, 5) is 36.3. The third-order valence-electron chi connectivity index (χ3n) is 4.56. The van der Waals surface area contributed by atoms with Gasteiger partial charge >= 0.3 is 6.18 Å². The molecule has 9 nitrogen and oxygen atoms in total. The maximum absolute atomic E-state index is 13.0. The number of benzene rings is 1. The predicted molar refractivity (Wildman–Crippen MR) is 114 cm³/mol. The molecule has 13 heteroatoms. The van der Waals surface area contributed by atoms with Crippen molar-refractivity contribution in [2.45, 2.75) is 17.6 Å². The first-order valence-electron chi connectivity index (χ1n) is 9.50. The highest BCUT2D eigenvalue weighted by atomic mass is 32.2. The summed E-state index contributed by atoms with van der Waals surface area (Å²) in [6, 6.07) is 5.53. The van der Waals surface area contributed by atoms with Gasteiger partial charge in [0.15, 0.2) is 5.82 Å². The summed E-state index contributed by atoms with van der Waals surface area (Å²) in [7, 11) is 0. The van der Waals surface area contributed by atoms with E-state index in [4.69, 9.17) is 5.73 Å². The molecule has 4 N–H and O–H groups in total. The van der Waals surface area contributed by atoms with Gasteiger partial charge in [-0.25, -0.2) is 15.0 Å². The van der Waals surface area contributed by atoms with Crippen molar-refractivity contribution in [3.05, 3.63) is 71.3 Å². The first-order valence-corrected chi connectivity index (χ1v) is 10.3. The Labute approximate surface area is 189 Å². The molecule has 0 atom stereocenters. The second-order valence-electron chi connectivity index (χ2n) is 6.83. The molecule has 1 aliphatic rings. The Hall–Kier alpha value is -3.87. The number of alkyl halides is 3. The highest BCUT2D eigenvalue weighted by Gasteiger charge is 2.34. The first-order chi connectivity index (χ1) is 15.7. The van der Waals surface area contributed by atoms with Crippen LogP contribution in [0.2, 0.25) is 0 Å². The van der Waals surface area contributed by atoms with Gasteiger partial charge in [-0.05, 0) is 24.3 Å². The number of hydrogen-bond donors (Lipinski definition) is 3. The highest BCUT2D eigenvalue weighted by molar-refractivity contribution is 8.04. The van der Waals surface area contributed by atoms with Crippen LogP contribution in [0.15, 0.2) is 59.1 Å². The minimum Gasteiger partial charge on any atom is -0.365 e. The molecule has 0 unspecified atom stereocenters. The van der Waals surface area contributed by atoms with Crippen LogP contribution < -0.4 is 16.4 Å². The summed E-state index contributed by atoms with van der Waals surface area (Å²) in [5.41, 5.74) is 4.90. The molecule has 2 aromatic heterocycles. The van der Waals surface area contributed by atoms with Crippen molar-refractivity contribution in [2.24, 2.45) is 5.73 Å². The van der Waals surface area contributed by atoms with E-state index in [1.54, 1.807) is 36.9 Å². The van der Waals surface area contributed by atoms with Crippen LogP contribution in [-0.4, -0.2) is 37.9 Å². The molecule has 3 heterocycles. The van der Waals surface area contributed by atoms with Gasteiger partial charge in [0, 0.05) is 42.1 Å². The normalized spacial score (nSPS) is 14.4. The fraction of sp³-hybridized carbons (Fsp3) is 0.150. The molecule has 4 rings (SSSR count). The second-order valence-corrected chi connectivity index (χ2v) is 7.88. The molecule has 2 amide bonds. The van der Waals surface area contributed by atoms with Gasteiger partial charge in [-0.2, -0.15) is 13.2 Å². The number of imidazole rings is 1. The van der Waals surface area contributed by atoms with E-state index in [-0.39, 0.29) is 16.5 Å². The van der Waals surface area contributed by atoms with Crippen molar-refractivity contribution in [1.82, 2.24) is 24.8 Å². The van der Waals surface area contributed by atoms with E-state index in [2.05, 4.69) is 25.6 Å². The molecule has 1 aromatic carbocycles. The van der Waals surface area contributed by atoms with Crippen LogP contribution in [0.5, 0.6) is 0 Å². The number of primary amides is 1. The zero-order valence-corrected chi connectivity index (χ0v) is 17.6. The molecule has 3 aromatic rings. The van der Waals surface area contributed by atoms with E-state index in [1.807, 2.05) is 4.57 Å². The number of thioether (sulfide) groups is 1. The summed E-state index contributed by atoms with van der Waals surface area (Å²) >= 11 is 1.05. The molecule has 0 saturated heterocycles. The molecule has 0 bridgehead atoms. The van der Waals surface area contributed by atoms with Crippen molar-refractivity contribution in [3.63, 3.8) is 0 Å². The van der Waals surface area contributed by atoms with Gasteiger partial charge in [0.1, 0.15) is 11.3 Å². The number of fused-ring (bicyclic) bond motifs is 1. The smallest absolute Gasteiger partial charge is 0.365 e. The summed E-state index contributed by atoms with van der Waals surface area (Å²) < 4.78 is 40.9. The van der Waals surface area contributed by atoms with Crippen LogP contribution in [0.1, 0.15) is 21.9 Å². The predicted octanol–water partition coefficient (Wildman–Crippen LogP) is 2.49. The zero-order chi connectivity index (χ0) is 23.6. The Bertz CT molecular complexity index is 1240. The van der Waals surface area contributed by atoms with Crippen LogP contribution in [0.4, 0.5) is 18.9 Å². The van der Waals surface area contributed by atoms with Gasteiger partial charge in [0.25, 0.3) is 11.8 Å². The third kappa shape index (κ3) is 4.98. The number of nitrogens with zero attached hydrogens (tertiary/aromatic N) is 4. The van der Waals surface area contributed by atoms with Gasteiger partial charge in [-0.1, -0.05) is 11.8 Å². The topological polar surface area (TPSA) is 128 Å². The van der Waals surface area contributed by atoms with Crippen molar-refractivity contribution in [3.8, 4) is 0 Å². The number of aromatic nitrogens is 4. The van der Waals surface area contributed by atoms with Gasteiger partial charge in [-0.15, -0.1) is 0 Å². The number of hydrogen-bond acceptors (Lipinski definition) is 7. The van der Waals surface area contributed by atoms with E-state index in [1.165, 1.54) is 0 Å². The average molecular weight is 475 g/mol. The van der Waals surface area contributed by atoms with Crippen molar-refractivity contribution < 1.29 is 22.8 Å². The Balaban J connectivity index is 1.54. The summed E-state index contributed by atoms with van der Waals surface area (Å²) in [5, 5.41) is 5.91. The number of carbonyl (C=O) groups is 2. The van der Waals surface area contributed by atoms with Crippen LogP contribution in [0.25, 0.3) is 5.57 Å². The van der Waals surface area contributed by atoms with Crippen molar-refractivity contribution >= 4 is 34.8 Å². The van der Waals surface area contributed by atoms with Gasteiger partial charge in [0.2, 0.25) is 0 Å². The number of rotatable bonds is 6. The maximum atomic E-state index is 13.0. The SMILES string of the molecule is NC(=O)/C(=C1\Nc2ccc(C(=O)NCCn3ccnc3)cc2S1)c1nccc(C(F)(F)F)n1. The third-order valence-corrected chi connectivity index (χ3v) is 5.63. The number of halogens is 3. The van der Waals surface area contributed by atoms with Crippen LogP contribution in [0.3, 0.4) is 0 Å². The van der Waals surface area contributed by atoms with Gasteiger partial charge in [0.05, 0.1) is 17.0 Å². The van der Waals surface area contributed by atoms with E-state index in [9.17, 15) is 22.8 Å². The monoisotopic (exact) mass is 475 g/mol. The second kappa shape index (κ2) is 8.94. The molecule has 170 valence electrons. The number of carbonyl (C=O) groups excluding carboxylic acids is 2. The first kappa shape index (κ1) is 22.3. The van der Waals surface area contributed by atoms with Crippen LogP contribution >= 0.6 is 11.8 Å². The Kier molecular flexibility index (Phi) is 6.05. The summed E-state index contributed by atoms with van der Waals surface area (Å²) in [6.07, 6.45) is 1.27. The van der Waals surface area contributed by atoms with Gasteiger partial charge < -0.3 is 20.9 Å². The molecule has 0 spiro atoms. The van der Waals surface area contributed by atoms with Crippen LogP contribution in [0, 0.1) is 0 Å². The van der Waals surface area contributed by atoms with Crippen LogP contribution in [-0.2, 0) is 17.5 Å². The van der Waals surface area contributed by atoms with E-state index in [0.717, 1.165) is 18.0 Å². The Morgan fingerprint density at radius 2 is 2.03 bits per heavy atom. The molecule has 1 aliphatic heterocycles. The molecular formula is C20H16F3N7O2S. The van der Waals surface area contributed by atoms with E-state index < -0.39 is 23.6 Å². The molecule has 0 aliphatic carbocycles. The summed E-state index contributed by atoms with van der Waals surface area (Å²) in [6.45, 7) is 0.945. The standard InChI is InChI=1S/C20H16F3N7O2S/c21-20(22,23)14-3-4-26-17(29-14)15(16(24)31)19-28-12-2-1-11(9-13(12)33-19)18(32)27-6-8-30-7-5-25-10-30/h1-5,7,9-10,28H,6,8H2,(H2,24,31)(H,27,32)/b19-15-. The minimum absolute atomic E-state index is 0.175. The highest BCUT2D eigenvalue weighted by Crippen LogP contribution is 2.44. The number of nitrogens with two attached hydrogens (primary N) is 1. The Morgan fingerprint density at radius 3 is 2.73 bits per heavy atom. The molecular weight excluding hydrogens is 459 g/mol. The van der Waals surface area contributed by atoms with Gasteiger partial charge in [-0.3, -0.25) is 9.59 Å². The van der Waals surface area contributed by atoms with E-state index in [0.29, 0.717) is 35.3 Å². The fourth-order valence-electron chi connectivity index (χ4n) is 3.00. The largest absolute Gasteiger partial charge is 0.433 e. The van der Waals surface area contributed by atoms with E-state index >= 15 is 0 Å². The lowest BCUT2D eigenvalue weighted by atomic mass is 10.2. The average Bonchev–Trinajstić information content (AvgIpc) is 3.42. The fourth-order valence-corrected chi connectivity index (χ4v) is 4.09. The molecule has 33 heavy (non-hydrogen) atoms. The van der Waals surface area contributed by atoms with Crippen molar-refractivity contribution in [2.75, 3.05) is 11.9 Å². The Morgan fingerprint density at radius 1 is 1.21 bits per heavy atom. The zero-order valence-electron chi connectivity index (χ0n) is 16.8. The maximum Gasteiger partial charge on any atom is 0.433 e. The molecule has 0 radical (unpaired) electrons.